The number of sulfonamides is 1. The molecule has 0 amide bonds. The average Bonchev–Trinajstić information content (AvgIpc) is 3.41. The number of thiazole rings is 1. The van der Waals surface area contributed by atoms with Crippen molar-refractivity contribution in [2.45, 2.75) is 20.0 Å². The van der Waals surface area contributed by atoms with Crippen LogP contribution in [0.15, 0.2) is 35.7 Å². The molecule has 0 saturated carbocycles. The fourth-order valence-corrected chi connectivity index (χ4v) is 4.95. The van der Waals surface area contributed by atoms with E-state index in [2.05, 4.69) is 9.71 Å². The van der Waals surface area contributed by atoms with E-state index in [1.807, 2.05) is 30.5 Å². The molecular weight excluding hydrogens is 472 g/mol. The van der Waals surface area contributed by atoms with Gasteiger partial charge in [-0.2, -0.15) is 0 Å². The minimum Gasteiger partial charge on any atom is -0.493 e. The van der Waals surface area contributed by atoms with Gasteiger partial charge in [0, 0.05) is 22.4 Å². The van der Waals surface area contributed by atoms with Gasteiger partial charge in [-0.05, 0) is 43.7 Å². The zero-order valence-corrected chi connectivity index (χ0v) is 20.4. The van der Waals surface area contributed by atoms with Crippen molar-refractivity contribution in [2.24, 2.45) is 0 Å². The summed E-state index contributed by atoms with van der Waals surface area (Å²) in [7, 11) is -1.64. The maximum atomic E-state index is 12.3. The maximum absolute atomic E-state index is 12.3. The Hall–Kier alpha value is -2.47. The van der Waals surface area contributed by atoms with Crippen molar-refractivity contribution in [3.8, 4) is 22.1 Å². The Morgan fingerprint density at radius 1 is 1.19 bits per heavy atom. The molecule has 11 heteroatoms. The Balaban J connectivity index is 1.57. The van der Waals surface area contributed by atoms with Gasteiger partial charge in [-0.25, -0.2) is 22.9 Å². The van der Waals surface area contributed by atoms with Crippen LogP contribution in [0.25, 0.3) is 10.6 Å². The lowest BCUT2D eigenvalue weighted by molar-refractivity contribution is 0.0474. The number of benzene rings is 1. The molecule has 0 aliphatic heterocycles. The Bertz CT molecular complexity index is 1170. The van der Waals surface area contributed by atoms with Gasteiger partial charge in [0.05, 0.1) is 25.7 Å². The number of carbonyl (C=O) groups is 1. The highest BCUT2D eigenvalue weighted by Crippen LogP contribution is 2.34. The molecule has 0 aliphatic carbocycles. The van der Waals surface area contributed by atoms with Crippen molar-refractivity contribution >= 4 is 38.7 Å². The van der Waals surface area contributed by atoms with Crippen molar-refractivity contribution < 1.29 is 27.4 Å². The van der Waals surface area contributed by atoms with Gasteiger partial charge in [-0.15, -0.1) is 22.7 Å². The van der Waals surface area contributed by atoms with Crippen molar-refractivity contribution in [3.63, 3.8) is 0 Å². The van der Waals surface area contributed by atoms with Crippen LogP contribution in [0.5, 0.6) is 11.5 Å². The third kappa shape index (κ3) is 6.76. The second-order valence-electron chi connectivity index (χ2n) is 6.70. The lowest BCUT2D eigenvalue weighted by Gasteiger charge is -2.09. The van der Waals surface area contributed by atoms with Crippen molar-refractivity contribution in [1.82, 2.24) is 9.71 Å². The molecule has 0 atom stereocenters. The van der Waals surface area contributed by atoms with E-state index in [0.29, 0.717) is 35.1 Å². The molecule has 1 aromatic carbocycles. The van der Waals surface area contributed by atoms with Crippen LogP contribution in [0, 0.1) is 0 Å². The molecule has 0 fully saturated rings. The predicted octanol–water partition coefficient (Wildman–Crippen LogP) is 3.73. The molecule has 0 bridgehead atoms. The summed E-state index contributed by atoms with van der Waals surface area (Å²) in [6.45, 7) is 2.80. The van der Waals surface area contributed by atoms with Gasteiger partial charge in [0.25, 0.3) is 0 Å². The first-order valence-electron chi connectivity index (χ1n) is 9.75. The van der Waals surface area contributed by atoms with Gasteiger partial charge < -0.3 is 14.2 Å². The summed E-state index contributed by atoms with van der Waals surface area (Å²) in [4.78, 5) is 18.3. The number of methoxy groups -OCH3 is 1. The largest absolute Gasteiger partial charge is 0.493 e. The fourth-order valence-electron chi connectivity index (χ4n) is 2.77. The molecule has 0 spiro atoms. The van der Waals surface area contributed by atoms with Crippen molar-refractivity contribution in [3.05, 3.63) is 51.2 Å². The second-order valence-corrected chi connectivity index (χ2v) is 10.6. The molecule has 0 unspecified atom stereocenters. The van der Waals surface area contributed by atoms with Crippen LogP contribution in [-0.4, -0.2) is 45.9 Å². The van der Waals surface area contributed by atoms with Crippen LogP contribution in [0.1, 0.15) is 27.2 Å². The van der Waals surface area contributed by atoms with E-state index in [-0.39, 0.29) is 13.2 Å². The molecule has 2 heterocycles. The van der Waals surface area contributed by atoms with Gasteiger partial charge in [0.15, 0.2) is 11.5 Å². The lowest BCUT2D eigenvalue weighted by Crippen LogP contribution is -2.23. The highest BCUT2D eigenvalue weighted by Gasteiger charge is 2.14. The van der Waals surface area contributed by atoms with Crippen molar-refractivity contribution in [1.29, 1.82) is 0 Å². The smallest absolute Gasteiger partial charge is 0.348 e. The summed E-state index contributed by atoms with van der Waals surface area (Å²) in [5, 5.41) is 2.64. The minimum absolute atomic E-state index is 0.0619. The van der Waals surface area contributed by atoms with Gasteiger partial charge in [0.1, 0.15) is 16.5 Å². The Morgan fingerprint density at radius 2 is 2.00 bits per heavy atom. The molecule has 8 nitrogen and oxygen atoms in total. The molecule has 3 aromatic rings. The second kappa shape index (κ2) is 10.9. The number of aromatic nitrogens is 1. The SMILES string of the molecule is CCOc1ccc(-c2nc(COC(=O)c3ccc(CCNS(C)(=O)=O)s3)cs2)cc1OC. The summed E-state index contributed by atoms with van der Waals surface area (Å²) in [6, 6.07) is 9.10. The number of hydrogen-bond acceptors (Lipinski definition) is 9. The summed E-state index contributed by atoms with van der Waals surface area (Å²) in [6.07, 6.45) is 1.62. The normalized spacial score (nSPS) is 11.3. The number of nitrogens with zero attached hydrogens (tertiary/aromatic N) is 1. The van der Waals surface area contributed by atoms with Crippen LogP contribution < -0.4 is 14.2 Å². The van der Waals surface area contributed by atoms with Crippen LogP contribution in [-0.2, 0) is 27.8 Å². The van der Waals surface area contributed by atoms with E-state index in [1.165, 1.54) is 22.7 Å². The topological polar surface area (TPSA) is 104 Å². The van der Waals surface area contributed by atoms with Gasteiger partial charge >= 0.3 is 5.97 Å². The molecule has 32 heavy (non-hydrogen) atoms. The van der Waals surface area contributed by atoms with Gasteiger partial charge in [0.2, 0.25) is 10.0 Å². The molecule has 0 saturated heterocycles. The summed E-state index contributed by atoms with van der Waals surface area (Å²) < 4.78 is 41.0. The number of carbonyl (C=O) groups excluding carboxylic acids is 1. The van der Waals surface area contributed by atoms with E-state index in [0.717, 1.165) is 21.7 Å². The zero-order chi connectivity index (χ0) is 23.1. The van der Waals surface area contributed by atoms with E-state index >= 15 is 0 Å². The summed E-state index contributed by atoms with van der Waals surface area (Å²) in [5.41, 5.74) is 1.54. The Labute approximate surface area is 195 Å². The first-order valence-corrected chi connectivity index (χ1v) is 13.3. The molecule has 1 N–H and O–H groups in total. The van der Waals surface area contributed by atoms with Gasteiger partial charge in [-0.3, -0.25) is 0 Å². The van der Waals surface area contributed by atoms with Crippen molar-refractivity contribution in [2.75, 3.05) is 26.5 Å². The average molecular weight is 497 g/mol. The Kier molecular flexibility index (Phi) is 8.24. The standard InChI is InChI=1S/C21H24N2O6S3/c1-4-28-17-7-5-14(11-18(17)27-2)20-23-15(13-30-20)12-29-21(24)19-8-6-16(31-19)9-10-22-32(3,25)26/h5-8,11,13,22H,4,9-10,12H2,1-3H3. The van der Waals surface area contributed by atoms with E-state index < -0.39 is 16.0 Å². The molecule has 2 aromatic heterocycles. The number of hydrogen-bond donors (Lipinski definition) is 1. The number of nitrogens with one attached hydrogen (secondary N) is 1. The number of ether oxygens (including phenoxy) is 3. The van der Waals surface area contributed by atoms with Crippen LogP contribution in [0.2, 0.25) is 0 Å². The quantitative estimate of drug-likeness (QED) is 0.404. The van der Waals surface area contributed by atoms with Crippen LogP contribution >= 0.6 is 22.7 Å². The van der Waals surface area contributed by atoms with E-state index in [1.54, 1.807) is 19.2 Å². The van der Waals surface area contributed by atoms with E-state index in [4.69, 9.17) is 14.2 Å². The lowest BCUT2D eigenvalue weighted by atomic mass is 10.2. The highest BCUT2D eigenvalue weighted by molar-refractivity contribution is 7.88. The molecule has 172 valence electrons. The monoisotopic (exact) mass is 496 g/mol. The minimum atomic E-state index is -3.23. The summed E-state index contributed by atoms with van der Waals surface area (Å²) in [5.74, 6) is 0.870. The molecule has 3 rings (SSSR count). The zero-order valence-electron chi connectivity index (χ0n) is 17.9. The maximum Gasteiger partial charge on any atom is 0.348 e. The number of esters is 1. The molecule has 0 radical (unpaired) electrons. The predicted molar refractivity (Wildman–Crippen MR) is 125 cm³/mol. The van der Waals surface area contributed by atoms with Crippen LogP contribution in [0.4, 0.5) is 0 Å². The van der Waals surface area contributed by atoms with Crippen LogP contribution in [0.3, 0.4) is 0 Å². The molecule has 0 aliphatic rings. The van der Waals surface area contributed by atoms with Gasteiger partial charge in [-0.1, -0.05) is 0 Å². The number of rotatable bonds is 11. The summed E-state index contributed by atoms with van der Waals surface area (Å²) >= 11 is 2.74. The molecular formula is C21H24N2O6S3. The first kappa shape index (κ1) is 24.2. The Morgan fingerprint density at radius 3 is 2.72 bits per heavy atom. The third-order valence-corrected chi connectivity index (χ3v) is 7.01. The first-order chi connectivity index (χ1) is 15.3. The number of thiophene rings is 1. The highest BCUT2D eigenvalue weighted by atomic mass is 32.2. The fraction of sp³-hybridized carbons (Fsp3) is 0.333. The third-order valence-electron chi connectivity index (χ3n) is 4.21. The van der Waals surface area contributed by atoms with E-state index in [9.17, 15) is 13.2 Å².